The Morgan fingerprint density at radius 3 is 2.56 bits per heavy atom. The van der Waals surface area contributed by atoms with E-state index < -0.39 is 0 Å². The summed E-state index contributed by atoms with van der Waals surface area (Å²) in [6.45, 7) is 0.674. The average molecular weight is 249 g/mol. The van der Waals surface area contributed by atoms with Crippen LogP contribution in [0.1, 0.15) is 31.2 Å². The minimum atomic E-state index is 0.222. The Kier molecular flexibility index (Phi) is 5.02. The van der Waals surface area contributed by atoms with E-state index in [1.807, 2.05) is 18.2 Å². The minimum Gasteiger partial charge on any atom is -0.491 e. The molecule has 2 aliphatic rings. The Bertz CT molecular complexity index is 361. The molecule has 0 radical (unpaired) electrons. The van der Waals surface area contributed by atoms with Crippen LogP contribution < -0.4 is 10.5 Å². The average Bonchev–Trinajstić information content (AvgIpc) is 2.90. The van der Waals surface area contributed by atoms with Crippen LogP contribution in [0.25, 0.3) is 0 Å². The molecule has 3 nitrogen and oxygen atoms in total. The summed E-state index contributed by atoms with van der Waals surface area (Å²) >= 11 is 0. The summed E-state index contributed by atoms with van der Waals surface area (Å²) in [5.41, 5.74) is 6.78. The number of hydrogen-bond acceptors (Lipinski definition) is 3. The van der Waals surface area contributed by atoms with Gasteiger partial charge >= 0.3 is 0 Å². The predicted molar refractivity (Wildman–Crippen MR) is 72.9 cm³/mol. The third-order valence-electron chi connectivity index (χ3n) is 3.58. The molecule has 18 heavy (non-hydrogen) atoms. The summed E-state index contributed by atoms with van der Waals surface area (Å²) in [6.07, 6.45) is 6.44. The predicted octanol–water partition coefficient (Wildman–Crippen LogP) is 2.52. The van der Waals surface area contributed by atoms with Crippen molar-refractivity contribution in [1.29, 1.82) is 0 Å². The van der Waals surface area contributed by atoms with Crippen LogP contribution in [-0.2, 0) is 11.2 Å². The van der Waals surface area contributed by atoms with Crippen molar-refractivity contribution in [2.75, 3.05) is 13.7 Å². The van der Waals surface area contributed by atoms with Gasteiger partial charge in [-0.3, -0.25) is 0 Å². The summed E-state index contributed by atoms with van der Waals surface area (Å²) in [5.74, 6) is 1.01. The summed E-state index contributed by atoms with van der Waals surface area (Å²) in [5, 5.41) is 0. The normalized spacial score (nSPS) is 22.7. The molecular formula is C15H23NO2. The molecule has 0 bridgehead atoms. The van der Waals surface area contributed by atoms with Crippen molar-refractivity contribution in [2.24, 2.45) is 5.73 Å². The van der Waals surface area contributed by atoms with Gasteiger partial charge in [0.2, 0.25) is 0 Å². The first-order valence-corrected chi connectivity index (χ1v) is 6.78. The zero-order chi connectivity index (χ0) is 12.8. The molecule has 0 spiro atoms. The van der Waals surface area contributed by atoms with Gasteiger partial charge in [-0.15, -0.1) is 0 Å². The van der Waals surface area contributed by atoms with E-state index in [9.17, 15) is 0 Å². The fourth-order valence-corrected chi connectivity index (χ4v) is 2.41. The maximum Gasteiger partial charge on any atom is 0.122 e. The molecule has 1 heterocycles. The standard InChI is InChI=1S/C10H12O2.C5H11N/c1-11-9-6-8-4-2-3-5-10(8)12-7-9;6-5-3-1-2-4-5/h2-5,9H,6-7H2,1H3;5H,1-4,6H2. The first-order chi connectivity index (χ1) is 8.79. The third kappa shape index (κ3) is 3.72. The van der Waals surface area contributed by atoms with Gasteiger partial charge in [-0.2, -0.15) is 0 Å². The topological polar surface area (TPSA) is 44.5 Å². The van der Waals surface area contributed by atoms with Crippen LogP contribution in [0.3, 0.4) is 0 Å². The molecular weight excluding hydrogens is 226 g/mol. The summed E-state index contributed by atoms with van der Waals surface area (Å²) in [6, 6.07) is 8.65. The van der Waals surface area contributed by atoms with Crippen molar-refractivity contribution >= 4 is 0 Å². The lowest BCUT2D eigenvalue weighted by atomic mass is 10.1. The van der Waals surface area contributed by atoms with Gasteiger partial charge in [-0.05, 0) is 24.5 Å². The van der Waals surface area contributed by atoms with E-state index in [1.165, 1.54) is 31.2 Å². The number of methoxy groups -OCH3 is 1. The molecule has 1 aromatic rings. The smallest absolute Gasteiger partial charge is 0.122 e. The SMILES string of the molecule is COC1COc2ccccc2C1.NC1CCCC1. The third-order valence-corrected chi connectivity index (χ3v) is 3.58. The van der Waals surface area contributed by atoms with E-state index in [0.717, 1.165) is 12.2 Å². The highest BCUT2D eigenvalue weighted by atomic mass is 16.5. The summed E-state index contributed by atoms with van der Waals surface area (Å²) in [7, 11) is 1.72. The summed E-state index contributed by atoms with van der Waals surface area (Å²) in [4.78, 5) is 0. The molecule has 1 aliphatic heterocycles. The Morgan fingerprint density at radius 1 is 1.22 bits per heavy atom. The van der Waals surface area contributed by atoms with Crippen molar-refractivity contribution in [3.8, 4) is 5.75 Å². The Hall–Kier alpha value is -1.06. The molecule has 1 aromatic carbocycles. The van der Waals surface area contributed by atoms with Gasteiger partial charge in [0.25, 0.3) is 0 Å². The molecule has 1 atom stereocenters. The van der Waals surface area contributed by atoms with Gasteiger partial charge in [0.15, 0.2) is 0 Å². The molecule has 0 aromatic heterocycles. The molecule has 1 saturated carbocycles. The quantitative estimate of drug-likeness (QED) is 0.831. The second kappa shape index (κ2) is 6.76. The van der Waals surface area contributed by atoms with Crippen molar-refractivity contribution in [2.45, 2.75) is 44.2 Å². The first-order valence-electron chi connectivity index (χ1n) is 6.78. The number of para-hydroxylation sites is 1. The van der Waals surface area contributed by atoms with Crippen LogP contribution in [-0.4, -0.2) is 25.9 Å². The molecule has 0 saturated heterocycles. The van der Waals surface area contributed by atoms with Crippen LogP contribution >= 0.6 is 0 Å². The monoisotopic (exact) mass is 249 g/mol. The highest BCUT2D eigenvalue weighted by Gasteiger charge is 2.18. The van der Waals surface area contributed by atoms with E-state index in [1.54, 1.807) is 7.11 Å². The zero-order valence-corrected chi connectivity index (χ0v) is 11.1. The number of rotatable bonds is 1. The lowest BCUT2D eigenvalue weighted by Crippen LogP contribution is -2.27. The van der Waals surface area contributed by atoms with Crippen molar-refractivity contribution in [3.63, 3.8) is 0 Å². The number of ether oxygens (including phenoxy) is 2. The van der Waals surface area contributed by atoms with E-state index in [2.05, 4.69) is 6.07 Å². The molecule has 2 N–H and O–H groups in total. The maximum absolute atomic E-state index is 5.53. The summed E-state index contributed by atoms with van der Waals surface area (Å²) < 4.78 is 10.7. The first kappa shape index (κ1) is 13.4. The van der Waals surface area contributed by atoms with E-state index in [-0.39, 0.29) is 6.10 Å². The lowest BCUT2D eigenvalue weighted by molar-refractivity contribution is 0.0467. The van der Waals surface area contributed by atoms with E-state index in [0.29, 0.717) is 12.6 Å². The van der Waals surface area contributed by atoms with Gasteiger partial charge in [0, 0.05) is 19.6 Å². The van der Waals surface area contributed by atoms with Crippen molar-refractivity contribution in [3.05, 3.63) is 29.8 Å². The highest BCUT2D eigenvalue weighted by molar-refractivity contribution is 5.35. The number of benzene rings is 1. The van der Waals surface area contributed by atoms with Crippen LogP contribution in [0.15, 0.2) is 24.3 Å². The van der Waals surface area contributed by atoms with Crippen molar-refractivity contribution in [1.82, 2.24) is 0 Å². The Labute approximate surface area is 109 Å². The second-order valence-corrected chi connectivity index (χ2v) is 5.03. The van der Waals surface area contributed by atoms with Crippen molar-refractivity contribution < 1.29 is 9.47 Å². The molecule has 100 valence electrons. The lowest BCUT2D eigenvalue weighted by Gasteiger charge is -2.23. The number of nitrogens with two attached hydrogens (primary N) is 1. The van der Waals surface area contributed by atoms with Gasteiger partial charge < -0.3 is 15.2 Å². The van der Waals surface area contributed by atoms with Crippen LogP contribution in [0.4, 0.5) is 0 Å². The Morgan fingerprint density at radius 2 is 1.94 bits per heavy atom. The van der Waals surface area contributed by atoms with E-state index >= 15 is 0 Å². The molecule has 3 heteroatoms. The maximum atomic E-state index is 5.53. The second-order valence-electron chi connectivity index (χ2n) is 5.03. The largest absolute Gasteiger partial charge is 0.491 e. The number of hydrogen-bond donors (Lipinski definition) is 1. The molecule has 0 amide bonds. The molecule has 1 unspecified atom stereocenters. The Balaban J connectivity index is 0.000000169. The molecule has 1 fully saturated rings. The van der Waals surface area contributed by atoms with Crippen LogP contribution in [0.5, 0.6) is 5.75 Å². The van der Waals surface area contributed by atoms with E-state index in [4.69, 9.17) is 15.2 Å². The van der Waals surface area contributed by atoms with Crippen LogP contribution in [0.2, 0.25) is 0 Å². The number of fused-ring (bicyclic) bond motifs is 1. The fraction of sp³-hybridized carbons (Fsp3) is 0.600. The van der Waals surface area contributed by atoms with Gasteiger partial charge in [0.1, 0.15) is 12.4 Å². The molecule has 1 aliphatic carbocycles. The highest BCUT2D eigenvalue weighted by Crippen LogP contribution is 2.24. The van der Waals surface area contributed by atoms with Gasteiger partial charge in [-0.25, -0.2) is 0 Å². The van der Waals surface area contributed by atoms with Gasteiger partial charge in [-0.1, -0.05) is 31.0 Å². The minimum absolute atomic E-state index is 0.222. The van der Waals surface area contributed by atoms with Gasteiger partial charge in [0.05, 0.1) is 6.10 Å². The van der Waals surface area contributed by atoms with Crippen LogP contribution in [0, 0.1) is 0 Å². The molecule has 3 rings (SSSR count). The fourth-order valence-electron chi connectivity index (χ4n) is 2.41. The zero-order valence-electron chi connectivity index (χ0n) is 11.1.